The van der Waals surface area contributed by atoms with E-state index >= 15 is 0 Å². The molecule has 1 aromatic heterocycles. The third-order valence-electron chi connectivity index (χ3n) is 10.4. The number of Topliss-reactive ketones (excluding diaryl/α,β-unsaturated/α-hetero) is 1. The van der Waals surface area contributed by atoms with Crippen LogP contribution in [0.15, 0.2) is 65.8 Å². The first-order valence-corrected chi connectivity index (χ1v) is 21.2. The fraction of sp³-hybridized carbons (Fsp3) is 0.561. The molecule has 2 saturated carbocycles. The van der Waals surface area contributed by atoms with Crippen molar-refractivity contribution in [3.63, 3.8) is 0 Å². The van der Waals surface area contributed by atoms with E-state index in [1.807, 2.05) is 36.5 Å². The Morgan fingerprint density at radius 1 is 0.946 bits per heavy atom. The van der Waals surface area contributed by atoms with E-state index in [1.54, 1.807) is 18.3 Å². The van der Waals surface area contributed by atoms with Crippen molar-refractivity contribution in [1.29, 1.82) is 0 Å². The summed E-state index contributed by atoms with van der Waals surface area (Å²) in [6.45, 7) is -0.0665. The van der Waals surface area contributed by atoms with Gasteiger partial charge in [0.25, 0.3) is 0 Å². The minimum absolute atomic E-state index is 0.0207. The molecule has 1 heterocycles. The average molecular weight is 819 g/mol. The summed E-state index contributed by atoms with van der Waals surface area (Å²) in [5, 5.41) is 48.5. The second-order valence-electron chi connectivity index (χ2n) is 14.7. The van der Waals surface area contributed by atoms with Crippen molar-refractivity contribution in [3.05, 3.63) is 77.1 Å². The van der Waals surface area contributed by atoms with Gasteiger partial charge in [-0.2, -0.15) is 4.31 Å². The summed E-state index contributed by atoms with van der Waals surface area (Å²) in [5.74, 6) is 0.702. The molecule has 56 heavy (non-hydrogen) atoms. The van der Waals surface area contributed by atoms with Gasteiger partial charge in [-0.3, -0.25) is 9.78 Å². The van der Waals surface area contributed by atoms with Crippen LogP contribution >= 0.6 is 11.6 Å². The molecule has 2 aliphatic rings. The number of sulfonamides is 1. The quantitative estimate of drug-likeness (QED) is 0.0712. The maximum Gasteiger partial charge on any atom is 0.243 e. The number of carbonyl (C=O) groups excluding carboxylic acids is 1. The van der Waals surface area contributed by atoms with Crippen molar-refractivity contribution in [1.82, 2.24) is 9.29 Å². The lowest BCUT2D eigenvalue weighted by molar-refractivity contribution is -0.125. The second kappa shape index (κ2) is 20.6. The average Bonchev–Trinajstić information content (AvgIpc) is 4.16. The van der Waals surface area contributed by atoms with Gasteiger partial charge in [0.1, 0.15) is 29.8 Å². The van der Waals surface area contributed by atoms with Crippen molar-refractivity contribution in [2.75, 3.05) is 33.4 Å². The highest BCUT2D eigenvalue weighted by Crippen LogP contribution is 2.53. The Labute approximate surface area is 334 Å². The van der Waals surface area contributed by atoms with Gasteiger partial charge in [-0.25, -0.2) is 8.42 Å². The van der Waals surface area contributed by atoms with Gasteiger partial charge < -0.3 is 39.7 Å². The minimum Gasteiger partial charge on any atom is -0.490 e. The summed E-state index contributed by atoms with van der Waals surface area (Å²) in [6.07, 6.45) is 3.64. The van der Waals surface area contributed by atoms with Crippen LogP contribution in [0.2, 0.25) is 5.02 Å². The molecule has 0 aliphatic heterocycles. The van der Waals surface area contributed by atoms with Gasteiger partial charge in [-0.1, -0.05) is 42.6 Å². The van der Waals surface area contributed by atoms with Gasteiger partial charge in [0.05, 0.1) is 42.5 Å². The van der Waals surface area contributed by atoms with E-state index in [-0.39, 0.29) is 62.3 Å². The number of ether oxygens (including phenoxy) is 3. The molecule has 0 spiro atoms. The Hall–Kier alpha value is -3.02. The van der Waals surface area contributed by atoms with Crippen LogP contribution in [0.4, 0.5) is 0 Å². The van der Waals surface area contributed by atoms with Gasteiger partial charge >= 0.3 is 0 Å². The summed E-state index contributed by atoms with van der Waals surface area (Å²) in [5.41, 5.74) is 2.88. The van der Waals surface area contributed by atoms with Gasteiger partial charge in [0.15, 0.2) is 0 Å². The molecule has 5 N–H and O–H groups in total. The summed E-state index contributed by atoms with van der Waals surface area (Å²) in [7, 11) is -2.41. The number of aliphatic hydroxyl groups is 5. The lowest BCUT2D eigenvalue weighted by atomic mass is 9.96. The molecule has 0 amide bonds. The van der Waals surface area contributed by atoms with Crippen molar-refractivity contribution in [2.45, 2.75) is 118 Å². The molecule has 5 rings (SSSR count). The molecular weight excluding hydrogens is 764 g/mol. The van der Waals surface area contributed by atoms with Gasteiger partial charge in [-0.05, 0) is 86.4 Å². The Bertz CT molecular complexity index is 1840. The van der Waals surface area contributed by atoms with Crippen LogP contribution < -0.4 is 4.74 Å². The van der Waals surface area contributed by atoms with E-state index in [4.69, 9.17) is 30.9 Å². The maximum atomic E-state index is 14.0. The molecule has 0 unspecified atom stereocenters. The lowest BCUT2D eigenvalue weighted by Crippen LogP contribution is -2.45. The van der Waals surface area contributed by atoms with E-state index in [9.17, 15) is 33.6 Å². The summed E-state index contributed by atoms with van der Waals surface area (Å²) in [4.78, 5) is 16.9. The van der Waals surface area contributed by atoms with Crippen LogP contribution in [0.25, 0.3) is 11.1 Å². The summed E-state index contributed by atoms with van der Waals surface area (Å²) < 4.78 is 47.4. The molecule has 308 valence electrons. The first-order chi connectivity index (χ1) is 26.9. The number of unbranched alkanes of at least 4 members (excludes halogenated alkanes) is 3. The minimum atomic E-state index is -3.93. The number of hydrogen-bond acceptors (Lipinski definition) is 12. The van der Waals surface area contributed by atoms with E-state index in [0.717, 1.165) is 48.1 Å². The molecule has 2 aliphatic carbocycles. The number of halogens is 1. The Kier molecular flexibility index (Phi) is 16.2. The molecule has 3 aromatic rings. The zero-order valence-corrected chi connectivity index (χ0v) is 33.4. The molecule has 15 heteroatoms. The van der Waals surface area contributed by atoms with Crippen molar-refractivity contribution < 1.29 is 53.0 Å². The third kappa shape index (κ3) is 11.8. The smallest absolute Gasteiger partial charge is 0.243 e. The van der Waals surface area contributed by atoms with Crippen molar-refractivity contribution in [3.8, 4) is 16.9 Å². The molecule has 4 atom stereocenters. The summed E-state index contributed by atoms with van der Waals surface area (Å²) >= 11 is 6.63. The number of benzene rings is 2. The number of rotatable bonds is 26. The Morgan fingerprint density at radius 2 is 1.68 bits per heavy atom. The monoisotopic (exact) mass is 818 g/mol. The number of hydrogen-bond donors (Lipinski definition) is 5. The maximum absolute atomic E-state index is 14.0. The van der Waals surface area contributed by atoms with Gasteiger partial charge in [0, 0.05) is 61.6 Å². The van der Waals surface area contributed by atoms with E-state index in [0.29, 0.717) is 36.3 Å². The number of nitrogens with zero attached hydrogens (tertiary/aromatic N) is 2. The predicted molar refractivity (Wildman–Crippen MR) is 210 cm³/mol. The highest BCUT2D eigenvalue weighted by Gasteiger charge is 2.48. The number of methoxy groups -OCH3 is 1. The fourth-order valence-electron chi connectivity index (χ4n) is 6.62. The third-order valence-corrected chi connectivity index (χ3v) is 12.6. The molecule has 2 aromatic carbocycles. The first kappa shape index (κ1) is 44.1. The Balaban J connectivity index is 1.15. The van der Waals surface area contributed by atoms with Crippen LogP contribution in [0.1, 0.15) is 81.8 Å². The SMILES string of the molecule is COCCN(CCCCCCC(=O)CC[C@H](O)[C@@H](O)[C@H](O)[C@H](O)CO)S(=O)(=O)c1ccc(Cl)c(COC2(c3cnccc3-c3ccccc3OC3CC3)CC2)c1. The normalized spacial score (nSPS) is 17.4. The molecule has 2 fully saturated rings. The molecule has 0 bridgehead atoms. The van der Waals surface area contributed by atoms with Crippen LogP contribution in [0, 0.1) is 0 Å². The molecule has 0 saturated heterocycles. The number of para-hydroxylation sites is 1. The standard InChI is InChI=1S/C41H55ClN2O11S/c1-53-23-22-44(21-7-3-2-4-8-29(46)11-16-36(47)39(49)40(50)37(48)26-45)56(51,52)31-14-15-35(42)28(24-31)27-54-41(18-19-41)34-25-43-20-17-32(34)33-9-5-6-10-38(33)55-30-12-13-30/h5-6,9-10,14-15,17,20,24-25,30,36-37,39-40,45,47-50H,2-4,7-8,11-13,16,18-19,21-23,26-27H2,1H3/t36-,37+,39+,40+/m0/s1. The van der Waals surface area contributed by atoms with E-state index in [1.165, 1.54) is 17.5 Å². The topological polar surface area (TPSA) is 196 Å². The number of ketones is 1. The number of pyridine rings is 1. The van der Waals surface area contributed by atoms with Gasteiger partial charge in [-0.15, -0.1) is 0 Å². The lowest BCUT2D eigenvalue weighted by Gasteiger charge is -2.25. The number of carbonyl (C=O) groups is 1. The molecule has 13 nitrogen and oxygen atoms in total. The molecular formula is C41H55ClN2O11S. The predicted octanol–water partition coefficient (Wildman–Crippen LogP) is 4.52. The number of aliphatic hydroxyl groups excluding tert-OH is 5. The zero-order valence-electron chi connectivity index (χ0n) is 31.8. The highest BCUT2D eigenvalue weighted by atomic mass is 35.5. The first-order valence-electron chi connectivity index (χ1n) is 19.4. The van der Waals surface area contributed by atoms with E-state index < -0.39 is 46.6 Å². The van der Waals surface area contributed by atoms with Crippen LogP contribution in [0.3, 0.4) is 0 Å². The molecule has 0 radical (unpaired) electrons. The van der Waals surface area contributed by atoms with Crippen LogP contribution in [-0.4, -0.2) is 113 Å². The van der Waals surface area contributed by atoms with Crippen molar-refractivity contribution in [2.24, 2.45) is 0 Å². The highest BCUT2D eigenvalue weighted by molar-refractivity contribution is 7.89. The Morgan fingerprint density at radius 3 is 2.39 bits per heavy atom. The largest absolute Gasteiger partial charge is 0.490 e. The summed E-state index contributed by atoms with van der Waals surface area (Å²) in [6, 6.07) is 14.6. The van der Waals surface area contributed by atoms with Crippen LogP contribution in [-0.2, 0) is 36.5 Å². The number of aromatic nitrogens is 1. The zero-order chi connectivity index (χ0) is 40.3. The van der Waals surface area contributed by atoms with Crippen molar-refractivity contribution >= 4 is 27.4 Å². The van der Waals surface area contributed by atoms with Crippen LogP contribution in [0.5, 0.6) is 5.75 Å². The van der Waals surface area contributed by atoms with E-state index in [2.05, 4.69) is 4.98 Å². The van der Waals surface area contributed by atoms with Gasteiger partial charge in [0.2, 0.25) is 10.0 Å². The fourth-order valence-corrected chi connectivity index (χ4v) is 8.30. The second-order valence-corrected chi connectivity index (χ2v) is 17.1.